The van der Waals surface area contributed by atoms with Gasteiger partial charge in [-0.05, 0) is 66.2 Å². The van der Waals surface area contributed by atoms with E-state index in [2.05, 4.69) is 12.1 Å². The van der Waals surface area contributed by atoms with Gasteiger partial charge in [-0.15, -0.1) is 34.0 Å². The quantitative estimate of drug-likeness (QED) is 0.134. The molecule has 0 radical (unpaired) electrons. The number of carbonyl (C=O) groups excluding carboxylic acids is 4. The Kier molecular flexibility index (Phi) is 6.32. The molecule has 0 bridgehead atoms. The first kappa shape index (κ1) is 30.3. The largest absolute Gasteiger partial charge is 0.288 e. The number of allylic oxidation sites excluding steroid dienone is 7. The van der Waals surface area contributed by atoms with Gasteiger partial charge in [0, 0.05) is 47.5 Å². The molecular formula is C44H32O4S3. The molecule has 0 unspecified atom stereocenters. The summed E-state index contributed by atoms with van der Waals surface area (Å²) in [5, 5.41) is 0. The predicted molar refractivity (Wildman–Crippen MR) is 207 cm³/mol. The van der Waals surface area contributed by atoms with Crippen LogP contribution in [0.1, 0.15) is 121 Å². The van der Waals surface area contributed by atoms with Crippen LogP contribution in [0.5, 0.6) is 0 Å². The average molecular weight is 721 g/mol. The van der Waals surface area contributed by atoms with Gasteiger partial charge in [0.15, 0.2) is 23.1 Å². The van der Waals surface area contributed by atoms with Crippen LogP contribution in [0.25, 0.3) is 30.4 Å². The van der Waals surface area contributed by atoms with Crippen molar-refractivity contribution in [3.8, 4) is 0 Å². The average Bonchev–Trinajstić information content (AvgIpc) is 3.99. The van der Waals surface area contributed by atoms with Crippen LogP contribution in [0.4, 0.5) is 0 Å². The molecule has 6 aliphatic rings. The van der Waals surface area contributed by atoms with Crippen LogP contribution in [0.15, 0.2) is 89.0 Å². The molecule has 0 aliphatic heterocycles. The standard InChI is InChI=1S/C44H32O4S3/c45-35-25-11-3-4-12-26(25)36(46)29(35)19-23-20-31-33(43(23)15-7-1-8-16-43)40-34(44(31)17-9-2-10-18-44)41-42(51-40)39-32(50-41)22-24(49-39)21-30-37(47)27-13-5-6-14-28(27)38(30)48/h3-6,11-14,19-22H,1-2,7-10,15-18H2. The first-order valence-corrected chi connectivity index (χ1v) is 20.6. The highest BCUT2D eigenvalue weighted by Gasteiger charge is 2.56. The number of rotatable bonds is 2. The summed E-state index contributed by atoms with van der Waals surface area (Å²) >= 11 is 5.50. The molecule has 7 heteroatoms. The highest BCUT2D eigenvalue weighted by molar-refractivity contribution is 7.39. The lowest BCUT2D eigenvalue weighted by Crippen LogP contribution is -2.28. The summed E-state index contributed by atoms with van der Waals surface area (Å²) in [7, 11) is 0. The summed E-state index contributed by atoms with van der Waals surface area (Å²) in [5.41, 5.74) is 8.03. The molecule has 0 N–H and O–H groups in total. The van der Waals surface area contributed by atoms with E-state index in [-0.39, 0.29) is 39.5 Å². The zero-order valence-corrected chi connectivity index (χ0v) is 30.3. The Hall–Kier alpha value is -4.30. The van der Waals surface area contributed by atoms with Crippen molar-refractivity contribution in [3.05, 3.63) is 127 Å². The third-order valence-electron chi connectivity index (χ3n) is 12.6. The summed E-state index contributed by atoms with van der Waals surface area (Å²) in [6, 6.07) is 16.5. The van der Waals surface area contributed by atoms with Gasteiger partial charge in [0.1, 0.15) is 0 Å². The Bertz CT molecular complexity index is 2540. The SMILES string of the molecule is O=C1C(=CC2=CC3=C(c4sc5c(sc6cc(C=C7C(=O)c8ccccc8C7=O)sc65)c4C34CCCCC4)C23CCCCC3)C(=O)c2ccccc21. The van der Waals surface area contributed by atoms with Crippen LogP contribution >= 0.6 is 34.0 Å². The lowest BCUT2D eigenvalue weighted by molar-refractivity contribution is 0.0973. The minimum absolute atomic E-state index is 0.0508. The van der Waals surface area contributed by atoms with Gasteiger partial charge in [-0.3, -0.25) is 19.2 Å². The number of fused-ring (bicyclic) bond motifs is 11. The Balaban J connectivity index is 1.06. The third-order valence-corrected chi connectivity index (χ3v) is 16.5. The molecule has 0 amide bonds. The van der Waals surface area contributed by atoms with Crippen LogP contribution in [0, 0.1) is 5.41 Å². The summed E-state index contributed by atoms with van der Waals surface area (Å²) in [5.74, 6) is -0.660. The zero-order valence-electron chi connectivity index (χ0n) is 27.9. The number of thiophene rings is 3. The Morgan fingerprint density at radius 3 is 1.65 bits per heavy atom. The highest BCUT2D eigenvalue weighted by atomic mass is 32.1. The van der Waals surface area contributed by atoms with E-state index in [1.807, 2.05) is 53.0 Å². The van der Waals surface area contributed by atoms with Crippen LogP contribution in [-0.4, -0.2) is 23.1 Å². The molecule has 3 aromatic heterocycles. The van der Waals surface area contributed by atoms with E-state index >= 15 is 0 Å². The van der Waals surface area contributed by atoms with Gasteiger partial charge >= 0.3 is 0 Å². The number of hydrogen-bond acceptors (Lipinski definition) is 7. The Labute approximate surface area is 306 Å². The third kappa shape index (κ3) is 3.89. The molecule has 2 aromatic carbocycles. The van der Waals surface area contributed by atoms with Crippen molar-refractivity contribution in [2.24, 2.45) is 5.41 Å². The fourth-order valence-electron chi connectivity index (χ4n) is 10.4. The summed E-state index contributed by atoms with van der Waals surface area (Å²) in [4.78, 5) is 56.1. The van der Waals surface area contributed by atoms with Gasteiger partial charge in [-0.1, -0.05) is 93.1 Å². The van der Waals surface area contributed by atoms with Gasteiger partial charge in [0.25, 0.3) is 0 Å². The Morgan fingerprint density at radius 2 is 1.08 bits per heavy atom. The molecule has 0 saturated heterocycles. The fraction of sp³-hybridized carbons (Fsp3) is 0.273. The molecule has 3 heterocycles. The molecule has 11 rings (SSSR count). The van der Waals surface area contributed by atoms with Gasteiger partial charge in [-0.25, -0.2) is 0 Å². The van der Waals surface area contributed by atoms with Crippen molar-refractivity contribution in [1.29, 1.82) is 0 Å². The normalized spacial score (nSPS) is 21.4. The topological polar surface area (TPSA) is 68.3 Å². The molecule has 0 atom stereocenters. The molecule has 2 spiro atoms. The van der Waals surface area contributed by atoms with Crippen molar-refractivity contribution < 1.29 is 19.2 Å². The van der Waals surface area contributed by atoms with E-state index in [0.717, 1.165) is 43.4 Å². The van der Waals surface area contributed by atoms with Crippen LogP contribution in [0.3, 0.4) is 0 Å². The zero-order chi connectivity index (χ0) is 34.2. The maximum Gasteiger partial charge on any atom is 0.197 e. The van der Waals surface area contributed by atoms with Gasteiger partial charge in [0.05, 0.1) is 25.2 Å². The maximum atomic E-state index is 13.7. The molecular weight excluding hydrogens is 689 g/mol. The lowest BCUT2D eigenvalue weighted by atomic mass is 9.66. The second-order valence-electron chi connectivity index (χ2n) is 15.1. The van der Waals surface area contributed by atoms with Crippen molar-refractivity contribution in [2.45, 2.75) is 69.6 Å². The number of ketones is 4. The predicted octanol–water partition coefficient (Wildman–Crippen LogP) is 11.5. The van der Waals surface area contributed by atoms with Crippen molar-refractivity contribution in [1.82, 2.24) is 0 Å². The molecule has 6 aliphatic carbocycles. The van der Waals surface area contributed by atoms with E-state index in [1.54, 1.807) is 41.7 Å². The number of Topliss-reactive ketones (excluding diaryl/α,β-unsaturated/α-hetero) is 4. The minimum atomic E-state index is -0.194. The van der Waals surface area contributed by atoms with Crippen LogP contribution in [0.2, 0.25) is 0 Å². The summed E-state index contributed by atoms with van der Waals surface area (Å²) < 4.78 is 5.20. The van der Waals surface area contributed by atoms with E-state index in [1.165, 1.54) is 71.6 Å². The van der Waals surface area contributed by atoms with Crippen molar-refractivity contribution in [3.63, 3.8) is 0 Å². The van der Waals surface area contributed by atoms with E-state index in [0.29, 0.717) is 27.8 Å². The van der Waals surface area contributed by atoms with Crippen LogP contribution in [-0.2, 0) is 5.41 Å². The van der Waals surface area contributed by atoms with Gasteiger partial charge in [0.2, 0.25) is 0 Å². The van der Waals surface area contributed by atoms with E-state index in [4.69, 9.17) is 0 Å². The minimum Gasteiger partial charge on any atom is -0.288 e. The smallest absolute Gasteiger partial charge is 0.197 e. The van der Waals surface area contributed by atoms with E-state index < -0.39 is 0 Å². The monoisotopic (exact) mass is 720 g/mol. The molecule has 4 nitrogen and oxygen atoms in total. The molecule has 5 aromatic rings. The molecule has 250 valence electrons. The van der Waals surface area contributed by atoms with Crippen molar-refractivity contribution >= 4 is 87.6 Å². The summed E-state index contributed by atoms with van der Waals surface area (Å²) in [6.45, 7) is 0. The number of carbonyl (C=O) groups is 4. The molecule has 51 heavy (non-hydrogen) atoms. The number of benzene rings is 2. The van der Waals surface area contributed by atoms with Crippen LogP contribution < -0.4 is 0 Å². The first-order chi connectivity index (χ1) is 24.9. The number of hydrogen-bond donors (Lipinski definition) is 0. The summed E-state index contributed by atoms with van der Waals surface area (Å²) in [6.07, 6.45) is 17.7. The maximum absolute atomic E-state index is 13.7. The Morgan fingerprint density at radius 1 is 0.549 bits per heavy atom. The molecule has 2 fully saturated rings. The highest BCUT2D eigenvalue weighted by Crippen LogP contribution is 2.70. The van der Waals surface area contributed by atoms with Gasteiger partial charge in [-0.2, -0.15) is 0 Å². The first-order valence-electron chi connectivity index (χ1n) is 18.2. The molecule has 2 saturated carbocycles. The van der Waals surface area contributed by atoms with Crippen molar-refractivity contribution in [2.75, 3.05) is 0 Å². The van der Waals surface area contributed by atoms with Gasteiger partial charge < -0.3 is 0 Å². The van der Waals surface area contributed by atoms with E-state index in [9.17, 15) is 19.2 Å². The fourth-order valence-corrected chi connectivity index (χ4v) is 14.9. The second-order valence-corrected chi connectivity index (χ2v) is 18.3. The second kappa shape index (κ2) is 10.6. The lowest BCUT2D eigenvalue weighted by Gasteiger charge is -2.38.